The van der Waals surface area contributed by atoms with Crippen molar-refractivity contribution < 1.29 is 9.59 Å². The molecule has 29 heavy (non-hydrogen) atoms. The summed E-state index contributed by atoms with van der Waals surface area (Å²) in [5.74, 6) is -0.187. The van der Waals surface area contributed by atoms with Gasteiger partial charge in [0, 0.05) is 24.2 Å². The van der Waals surface area contributed by atoms with Crippen LogP contribution in [0.25, 0.3) is 0 Å². The minimum absolute atomic E-state index is 0.0656. The first-order valence-electron chi connectivity index (χ1n) is 10.7. The lowest BCUT2D eigenvalue weighted by molar-refractivity contribution is -0.122. The SMILES string of the molecule is O=C(NCCCN1CCCCC1)C1Cc2ccccc2N1C(=O)c1ccccc1. The number of hydrogen-bond donors (Lipinski definition) is 1. The Bertz CT molecular complexity index is 846. The van der Waals surface area contributed by atoms with E-state index >= 15 is 0 Å². The van der Waals surface area contributed by atoms with Gasteiger partial charge in [0.25, 0.3) is 5.91 Å². The zero-order chi connectivity index (χ0) is 20.1. The number of amides is 2. The average molecular weight is 392 g/mol. The minimum Gasteiger partial charge on any atom is -0.354 e. The molecular weight excluding hydrogens is 362 g/mol. The number of hydrogen-bond acceptors (Lipinski definition) is 3. The molecule has 2 heterocycles. The van der Waals surface area contributed by atoms with Gasteiger partial charge in [-0.05, 0) is 62.7 Å². The van der Waals surface area contributed by atoms with Crippen LogP contribution in [0.2, 0.25) is 0 Å². The van der Waals surface area contributed by atoms with Gasteiger partial charge in [-0.3, -0.25) is 14.5 Å². The van der Waals surface area contributed by atoms with Gasteiger partial charge in [0.2, 0.25) is 5.91 Å². The Morgan fingerprint density at radius 3 is 2.45 bits per heavy atom. The molecule has 2 aliphatic rings. The first-order chi connectivity index (χ1) is 14.2. The molecule has 5 heteroatoms. The molecule has 1 saturated heterocycles. The van der Waals surface area contributed by atoms with E-state index in [1.807, 2.05) is 42.5 Å². The minimum atomic E-state index is -0.491. The Balaban J connectivity index is 1.41. The molecule has 1 atom stereocenters. The van der Waals surface area contributed by atoms with Gasteiger partial charge in [0.1, 0.15) is 6.04 Å². The third-order valence-corrected chi connectivity index (χ3v) is 5.92. The van der Waals surface area contributed by atoms with E-state index in [1.54, 1.807) is 17.0 Å². The molecule has 5 nitrogen and oxygen atoms in total. The zero-order valence-corrected chi connectivity index (χ0v) is 16.8. The van der Waals surface area contributed by atoms with Crippen LogP contribution in [-0.4, -0.2) is 48.9 Å². The molecular formula is C24H29N3O2. The Kier molecular flexibility index (Phi) is 6.25. The first-order valence-corrected chi connectivity index (χ1v) is 10.7. The van der Waals surface area contributed by atoms with Gasteiger partial charge in [-0.25, -0.2) is 0 Å². The maximum atomic E-state index is 13.2. The molecule has 4 rings (SSSR count). The number of carbonyl (C=O) groups excluding carboxylic acids is 2. The summed E-state index contributed by atoms with van der Waals surface area (Å²) in [6.07, 6.45) is 5.40. The summed E-state index contributed by atoms with van der Waals surface area (Å²) in [6.45, 7) is 4.02. The first kappa shape index (κ1) is 19.6. The van der Waals surface area contributed by atoms with Crippen LogP contribution in [0.1, 0.15) is 41.6 Å². The number of anilines is 1. The van der Waals surface area contributed by atoms with Crippen LogP contribution in [0.15, 0.2) is 54.6 Å². The molecule has 0 aromatic heterocycles. The normalized spacial score (nSPS) is 19.0. The summed E-state index contributed by atoms with van der Waals surface area (Å²) in [5.41, 5.74) is 2.49. The molecule has 2 aromatic rings. The average Bonchev–Trinajstić information content (AvgIpc) is 3.17. The summed E-state index contributed by atoms with van der Waals surface area (Å²) in [5, 5.41) is 3.08. The van der Waals surface area contributed by atoms with Gasteiger partial charge in [0.15, 0.2) is 0 Å². The number of para-hydroxylation sites is 1. The molecule has 0 bridgehead atoms. The monoisotopic (exact) mass is 391 g/mol. The van der Waals surface area contributed by atoms with Crippen molar-refractivity contribution in [2.75, 3.05) is 31.1 Å². The predicted molar refractivity (Wildman–Crippen MR) is 115 cm³/mol. The van der Waals surface area contributed by atoms with E-state index in [0.29, 0.717) is 18.5 Å². The quantitative estimate of drug-likeness (QED) is 0.769. The summed E-state index contributed by atoms with van der Waals surface area (Å²) < 4.78 is 0. The largest absolute Gasteiger partial charge is 0.354 e. The zero-order valence-electron chi connectivity index (χ0n) is 16.8. The molecule has 0 radical (unpaired) electrons. The Labute approximate surface area is 172 Å². The molecule has 1 unspecified atom stereocenters. The summed E-state index contributed by atoms with van der Waals surface area (Å²) >= 11 is 0. The Morgan fingerprint density at radius 2 is 1.66 bits per heavy atom. The fraction of sp³-hybridized carbons (Fsp3) is 0.417. The Morgan fingerprint density at radius 1 is 0.931 bits per heavy atom. The third-order valence-electron chi connectivity index (χ3n) is 5.92. The standard InChI is InChI=1S/C24H29N3O2/c28-23(25-14-9-17-26-15-7-2-8-16-26)22-18-20-12-5-6-13-21(20)27(22)24(29)19-10-3-1-4-11-19/h1,3-6,10-13,22H,2,7-9,14-18H2,(H,25,28). The Hall–Kier alpha value is -2.66. The maximum Gasteiger partial charge on any atom is 0.259 e. The van der Waals surface area contributed by atoms with Gasteiger partial charge in [-0.2, -0.15) is 0 Å². The summed E-state index contributed by atoms with van der Waals surface area (Å²) in [4.78, 5) is 30.3. The van der Waals surface area contributed by atoms with Gasteiger partial charge in [0.05, 0.1) is 0 Å². The lowest BCUT2D eigenvalue weighted by atomic mass is 10.1. The summed E-state index contributed by atoms with van der Waals surface area (Å²) in [6, 6.07) is 16.5. The number of nitrogens with one attached hydrogen (secondary N) is 1. The van der Waals surface area contributed by atoms with E-state index in [2.05, 4.69) is 10.2 Å². The number of carbonyl (C=O) groups is 2. The van der Waals surface area contributed by atoms with E-state index in [4.69, 9.17) is 0 Å². The maximum absolute atomic E-state index is 13.2. The van der Waals surface area contributed by atoms with E-state index in [9.17, 15) is 9.59 Å². The number of piperidine rings is 1. The lowest BCUT2D eigenvalue weighted by Crippen LogP contribution is -2.48. The molecule has 0 saturated carbocycles. The van der Waals surface area contributed by atoms with Crippen molar-refractivity contribution in [2.24, 2.45) is 0 Å². The van der Waals surface area contributed by atoms with Gasteiger partial charge in [-0.1, -0.05) is 42.8 Å². The highest BCUT2D eigenvalue weighted by Gasteiger charge is 2.38. The van der Waals surface area contributed by atoms with Crippen molar-refractivity contribution >= 4 is 17.5 Å². The highest BCUT2D eigenvalue weighted by atomic mass is 16.2. The van der Waals surface area contributed by atoms with Gasteiger partial charge >= 0.3 is 0 Å². The third kappa shape index (κ3) is 4.51. The second kappa shape index (κ2) is 9.23. The topological polar surface area (TPSA) is 52.7 Å². The van der Waals surface area contributed by atoms with Crippen LogP contribution in [0.5, 0.6) is 0 Å². The van der Waals surface area contributed by atoms with Crippen molar-refractivity contribution in [2.45, 2.75) is 38.1 Å². The second-order valence-corrected chi connectivity index (χ2v) is 7.94. The van der Waals surface area contributed by atoms with Crippen LogP contribution in [0, 0.1) is 0 Å². The van der Waals surface area contributed by atoms with Crippen molar-refractivity contribution in [1.82, 2.24) is 10.2 Å². The molecule has 0 spiro atoms. The highest BCUT2D eigenvalue weighted by molar-refractivity contribution is 6.11. The van der Waals surface area contributed by atoms with Crippen molar-refractivity contribution in [3.63, 3.8) is 0 Å². The highest BCUT2D eigenvalue weighted by Crippen LogP contribution is 2.33. The van der Waals surface area contributed by atoms with Crippen LogP contribution in [-0.2, 0) is 11.2 Å². The predicted octanol–water partition coefficient (Wildman–Crippen LogP) is 3.25. The van der Waals surface area contributed by atoms with Crippen molar-refractivity contribution in [3.8, 4) is 0 Å². The van der Waals surface area contributed by atoms with E-state index in [0.717, 1.165) is 24.2 Å². The van der Waals surface area contributed by atoms with Crippen molar-refractivity contribution in [1.29, 1.82) is 0 Å². The number of rotatable bonds is 6. The van der Waals surface area contributed by atoms with E-state index in [1.165, 1.54) is 32.4 Å². The number of fused-ring (bicyclic) bond motifs is 1. The van der Waals surface area contributed by atoms with Crippen LogP contribution < -0.4 is 10.2 Å². The molecule has 152 valence electrons. The van der Waals surface area contributed by atoms with Crippen LogP contribution in [0.3, 0.4) is 0 Å². The molecule has 0 aliphatic carbocycles. The second-order valence-electron chi connectivity index (χ2n) is 7.94. The van der Waals surface area contributed by atoms with Gasteiger partial charge < -0.3 is 10.2 Å². The molecule has 2 amide bonds. The smallest absolute Gasteiger partial charge is 0.259 e. The van der Waals surface area contributed by atoms with E-state index in [-0.39, 0.29) is 11.8 Å². The molecule has 2 aromatic carbocycles. The van der Waals surface area contributed by atoms with Crippen LogP contribution in [0.4, 0.5) is 5.69 Å². The molecule has 1 N–H and O–H groups in total. The summed E-state index contributed by atoms with van der Waals surface area (Å²) in [7, 11) is 0. The van der Waals surface area contributed by atoms with Crippen LogP contribution >= 0.6 is 0 Å². The fourth-order valence-electron chi connectivity index (χ4n) is 4.38. The molecule has 1 fully saturated rings. The number of likely N-dealkylation sites (tertiary alicyclic amines) is 1. The number of nitrogens with zero attached hydrogens (tertiary/aromatic N) is 2. The number of benzene rings is 2. The fourth-order valence-corrected chi connectivity index (χ4v) is 4.38. The van der Waals surface area contributed by atoms with E-state index < -0.39 is 6.04 Å². The van der Waals surface area contributed by atoms with Crippen molar-refractivity contribution in [3.05, 3.63) is 65.7 Å². The lowest BCUT2D eigenvalue weighted by Gasteiger charge is -2.27. The van der Waals surface area contributed by atoms with Gasteiger partial charge in [-0.15, -0.1) is 0 Å². The molecule has 2 aliphatic heterocycles.